The van der Waals surface area contributed by atoms with E-state index in [0.29, 0.717) is 0 Å². The van der Waals surface area contributed by atoms with Crippen molar-refractivity contribution in [3.8, 4) is 0 Å². The van der Waals surface area contributed by atoms with Crippen LogP contribution in [0.1, 0.15) is 19.8 Å². The largest absolute Gasteiger partial charge is 0.374 e. The quantitative estimate of drug-likeness (QED) is 0.563. The van der Waals surface area contributed by atoms with Crippen LogP contribution in [0.3, 0.4) is 0 Å². The molecule has 0 bridgehead atoms. The highest BCUT2D eigenvalue weighted by molar-refractivity contribution is 7.50. The normalized spacial score (nSPS) is 14.1. The first-order chi connectivity index (χ1) is 3.27. The molecule has 0 spiro atoms. The average molecular weight is 120 g/mol. The van der Waals surface area contributed by atoms with E-state index in [9.17, 15) is 0 Å². The van der Waals surface area contributed by atoms with Crippen LogP contribution in [0.4, 0.5) is 0 Å². The van der Waals surface area contributed by atoms with Gasteiger partial charge in [0.1, 0.15) is 0 Å². The molecule has 0 saturated carbocycles. The minimum absolute atomic E-state index is 0.606. The van der Waals surface area contributed by atoms with Crippen molar-refractivity contribution in [2.75, 3.05) is 12.8 Å². The summed E-state index contributed by atoms with van der Waals surface area (Å²) in [4.78, 5) is 8.75. The molecule has 0 aliphatic rings. The molecule has 7 heavy (non-hydrogen) atoms. The Bertz CT molecular complexity index is 37.1. The summed E-state index contributed by atoms with van der Waals surface area (Å²) in [6.45, 7) is 4.03. The molecule has 0 aliphatic carbocycles. The second-order valence-electron chi connectivity index (χ2n) is 1.73. The van der Waals surface area contributed by atoms with Gasteiger partial charge in [-0.1, -0.05) is 13.3 Å². The topological polar surface area (TPSA) is 20.2 Å². The first kappa shape index (κ1) is 7.39. The number of hydrogen-bond acceptors (Lipinski definition) is 1. The first-order valence-electron chi connectivity index (χ1n) is 2.67. The molecule has 1 atom stereocenters. The Morgan fingerprint density at radius 1 is 1.57 bits per heavy atom. The number of hydrogen-bond donors (Lipinski definition) is 1. The van der Waals surface area contributed by atoms with Crippen LogP contribution in [0.15, 0.2) is 0 Å². The molecule has 0 rings (SSSR count). The maximum atomic E-state index is 8.75. The van der Waals surface area contributed by atoms with E-state index in [1.165, 1.54) is 12.8 Å². The van der Waals surface area contributed by atoms with Gasteiger partial charge in [0.2, 0.25) is 0 Å². The van der Waals surface area contributed by atoms with Gasteiger partial charge in [-0.25, -0.2) is 0 Å². The van der Waals surface area contributed by atoms with Gasteiger partial charge in [0.25, 0.3) is 0 Å². The van der Waals surface area contributed by atoms with E-state index >= 15 is 0 Å². The van der Waals surface area contributed by atoms with E-state index in [1.807, 2.05) is 6.66 Å². The molecule has 1 N–H and O–H groups in total. The second kappa shape index (κ2) is 4.55. The van der Waals surface area contributed by atoms with Gasteiger partial charge in [-0.15, -0.1) is 0 Å². The molecule has 2 heteroatoms. The van der Waals surface area contributed by atoms with Crippen LogP contribution in [0, 0.1) is 0 Å². The lowest BCUT2D eigenvalue weighted by Crippen LogP contribution is -1.78. The van der Waals surface area contributed by atoms with Crippen molar-refractivity contribution >= 4 is 8.15 Å². The van der Waals surface area contributed by atoms with Crippen molar-refractivity contribution in [1.82, 2.24) is 0 Å². The van der Waals surface area contributed by atoms with Crippen LogP contribution in [0.5, 0.6) is 0 Å². The van der Waals surface area contributed by atoms with Crippen molar-refractivity contribution in [2.45, 2.75) is 19.8 Å². The van der Waals surface area contributed by atoms with Crippen molar-refractivity contribution in [2.24, 2.45) is 0 Å². The molecular weight excluding hydrogens is 107 g/mol. The lowest BCUT2D eigenvalue weighted by molar-refractivity contribution is 0.625. The second-order valence-corrected chi connectivity index (χ2v) is 3.50. The summed E-state index contributed by atoms with van der Waals surface area (Å²) in [6, 6.07) is 0. The zero-order chi connectivity index (χ0) is 5.70. The third-order valence-electron chi connectivity index (χ3n) is 0.835. The standard InChI is InChI=1S/C5H13OP/c1-3-4-5-7(2)6/h6H,3-5H2,1-2H3. The lowest BCUT2D eigenvalue weighted by Gasteiger charge is -1.98. The minimum Gasteiger partial charge on any atom is -0.374 e. The van der Waals surface area contributed by atoms with Crippen molar-refractivity contribution in [3.63, 3.8) is 0 Å². The predicted octanol–water partition coefficient (Wildman–Crippen LogP) is 1.81. The van der Waals surface area contributed by atoms with Crippen LogP contribution in [0.2, 0.25) is 0 Å². The van der Waals surface area contributed by atoms with Gasteiger partial charge in [0.05, 0.1) is 0 Å². The Morgan fingerprint density at radius 3 is 2.29 bits per heavy atom. The fraction of sp³-hybridized carbons (Fsp3) is 1.00. The first-order valence-corrected chi connectivity index (χ1v) is 4.60. The van der Waals surface area contributed by atoms with Crippen LogP contribution in [-0.4, -0.2) is 17.7 Å². The Morgan fingerprint density at radius 2 is 2.14 bits per heavy atom. The summed E-state index contributed by atoms with van der Waals surface area (Å²) >= 11 is 0. The third kappa shape index (κ3) is 6.39. The van der Waals surface area contributed by atoms with Crippen LogP contribution < -0.4 is 0 Å². The zero-order valence-electron chi connectivity index (χ0n) is 5.02. The Kier molecular flexibility index (Phi) is 4.80. The molecule has 0 aromatic rings. The molecular formula is C5H13OP. The van der Waals surface area contributed by atoms with Crippen LogP contribution in [0.25, 0.3) is 0 Å². The van der Waals surface area contributed by atoms with Gasteiger partial charge in [-0.2, -0.15) is 0 Å². The maximum absolute atomic E-state index is 8.75. The molecule has 0 fully saturated rings. The van der Waals surface area contributed by atoms with Gasteiger partial charge in [0.15, 0.2) is 0 Å². The van der Waals surface area contributed by atoms with Crippen molar-refractivity contribution < 1.29 is 4.89 Å². The fourth-order valence-corrected chi connectivity index (χ4v) is 1.16. The molecule has 0 aromatic heterocycles. The van der Waals surface area contributed by atoms with Gasteiger partial charge in [-0.05, 0) is 19.2 Å². The van der Waals surface area contributed by atoms with Gasteiger partial charge in [-0.3, -0.25) is 0 Å². The molecule has 44 valence electrons. The molecule has 0 radical (unpaired) electrons. The highest BCUT2D eigenvalue weighted by Crippen LogP contribution is 2.24. The molecule has 1 unspecified atom stereocenters. The zero-order valence-corrected chi connectivity index (χ0v) is 5.91. The van der Waals surface area contributed by atoms with Gasteiger partial charge < -0.3 is 4.89 Å². The Balaban J connectivity index is 2.68. The average Bonchev–Trinajstić information content (AvgIpc) is 1.61. The van der Waals surface area contributed by atoms with Crippen molar-refractivity contribution in [1.29, 1.82) is 0 Å². The fourth-order valence-electron chi connectivity index (χ4n) is 0.387. The van der Waals surface area contributed by atoms with Crippen molar-refractivity contribution in [3.05, 3.63) is 0 Å². The Hall–Kier alpha value is 0.390. The van der Waals surface area contributed by atoms with Crippen LogP contribution in [-0.2, 0) is 0 Å². The molecule has 0 saturated heterocycles. The summed E-state index contributed by atoms with van der Waals surface area (Å²) in [6.07, 6.45) is 3.40. The van der Waals surface area contributed by atoms with E-state index < -0.39 is 8.15 Å². The van der Waals surface area contributed by atoms with E-state index in [-0.39, 0.29) is 0 Å². The van der Waals surface area contributed by atoms with Gasteiger partial charge >= 0.3 is 0 Å². The summed E-state index contributed by atoms with van der Waals surface area (Å²) in [5.74, 6) is 0. The Labute approximate surface area is 46.6 Å². The van der Waals surface area contributed by atoms with Crippen LogP contribution >= 0.6 is 8.15 Å². The molecule has 0 amide bonds. The molecule has 0 heterocycles. The lowest BCUT2D eigenvalue weighted by atomic mass is 10.4. The highest BCUT2D eigenvalue weighted by Gasteiger charge is 1.90. The van der Waals surface area contributed by atoms with E-state index in [2.05, 4.69) is 6.92 Å². The maximum Gasteiger partial charge on any atom is 0.0219 e. The van der Waals surface area contributed by atoms with E-state index in [0.717, 1.165) is 6.16 Å². The smallest absolute Gasteiger partial charge is 0.0219 e. The van der Waals surface area contributed by atoms with Gasteiger partial charge in [0, 0.05) is 8.15 Å². The summed E-state index contributed by atoms with van der Waals surface area (Å²) in [5, 5.41) is 0. The monoisotopic (exact) mass is 120 g/mol. The van der Waals surface area contributed by atoms with E-state index in [1.54, 1.807) is 0 Å². The van der Waals surface area contributed by atoms with E-state index in [4.69, 9.17) is 4.89 Å². The molecule has 0 aromatic carbocycles. The minimum atomic E-state index is -0.606. The third-order valence-corrected chi connectivity index (χ3v) is 1.80. The summed E-state index contributed by atoms with van der Waals surface area (Å²) in [7, 11) is -0.606. The molecule has 1 nitrogen and oxygen atoms in total. The number of unbranched alkanes of at least 4 members (excludes halogenated alkanes) is 1. The molecule has 0 aliphatic heterocycles. The predicted molar refractivity (Wildman–Crippen MR) is 34.8 cm³/mol. The highest BCUT2D eigenvalue weighted by atomic mass is 31.1. The summed E-state index contributed by atoms with van der Waals surface area (Å²) in [5.41, 5.74) is 0. The SMILES string of the molecule is CCCCP(C)O. The summed E-state index contributed by atoms with van der Waals surface area (Å²) < 4.78 is 0. The number of rotatable bonds is 3.